The van der Waals surface area contributed by atoms with E-state index in [0.717, 1.165) is 15.2 Å². The van der Waals surface area contributed by atoms with Gasteiger partial charge in [0.1, 0.15) is 0 Å². The molecule has 0 nitrogen and oxygen atoms in total. The Hall–Kier alpha value is 0.700. The van der Waals surface area contributed by atoms with Crippen LogP contribution < -0.4 is 0 Å². The molecule has 0 spiro atoms. The highest BCUT2D eigenvalue weighted by Gasteiger charge is 2.16. The van der Waals surface area contributed by atoms with E-state index in [0.29, 0.717) is 0 Å². The number of halogens is 2. The van der Waals surface area contributed by atoms with Crippen LogP contribution in [0.1, 0.15) is 32.6 Å². The zero-order valence-electron chi connectivity index (χ0n) is 6.82. The van der Waals surface area contributed by atoms with E-state index < -0.39 is 0 Å². The molecule has 2 atom stereocenters. The molecule has 0 heterocycles. The Kier molecular flexibility index (Phi) is 4.14. The molecular formula is C9H14Br2. The van der Waals surface area contributed by atoms with Gasteiger partial charge in [0.15, 0.2) is 0 Å². The van der Waals surface area contributed by atoms with Crippen molar-refractivity contribution in [2.75, 3.05) is 0 Å². The third-order valence-corrected chi connectivity index (χ3v) is 2.87. The molecule has 0 bridgehead atoms. The number of hydrogen-bond donors (Lipinski definition) is 0. The molecule has 1 fully saturated rings. The van der Waals surface area contributed by atoms with E-state index in [1.54, 1.807) is 0 Å². The van der Waals surface area contributed by atoms with Crippen molar-refractivity contribution in [2.24, 2.45) is 11.8 Å². The molecule has 0 amide bonds. The van der Waals surface area contributed by atoms with Crippen molar-refractivity contribution in [3.8, 4) is 0 Å². The zero-order chi connectivity index (χ0) is 8.27. The lowest BCUT2D eigenvalue weighted by Gasteiger charge is -2.24. The minimum Gasteiger partial charge on any atom is -0.0625 e. The summed E-state index contributed by atoms with van der Waals surface area (Å²) in [5.41, 5.74) is 0. The third-order valence-electron chi connectivity index (χ3n) is 2.34. The van der Waals surface area contributed by atoms with E-state index in [1.165, 1.54) is 25.7 Å². The van der Waals surface area contributed by atoms with Crippen LogP contribution in [0.15, 0.2) is 9.47 Å². The van der Waals surface area contributed by atoms with Crippen molar-refractivity contribution in [1.82, 2.24) is 0 Å². The Bertz CT molecular complexity index is 148. The summed E-state index contributed by atoms with van der Waals surface area (Å²) in [6, 6.07) is 0. The maximum Gasteiger partial charge on any atom is 0.0567 e. The van der Waals surface area contributed by atoms with Crippen LogP contribution in [0.25, 0.3) is 0 Å². The molecule has 2 heteroatoms. The highest BCUT2D eigenvalue weighted by Crippen LogP contribution is 2.31. The molecule has 1 rings (SSSR count). The first kappa shape index (κ1) is 9.79. The van der Waals surface area contributed by atoms with E-state index in [-0.39, 0.29) is 0 Å². The lowest BCUT2D eigenvalue weighted by molar-refractivity contribution is 0.325. The van der Waals surface area contributed by atoms with Gasteiger partial charge in [-0.25, -0.2) is 0 Å². The largest absolute Gasteiger partial charge is 0.0625 e. The standard InChI is InChI=1S/C9H14Br2/c1-7-3-2-4-8(5-7)6-9(10)11/h6-8H,2-5H2,1H3. The number of rotatable bonds is 1. The summed E-state index contributed by atoms with van der Waals surface area (Å²) in [7, 11) is 0. The summed E-state index contributed by atoms with van der Waals surface area (Å²) in [6.07, 6.45) is 7.83. The van der Waals surface area contributed by atoms with Gasteiger partial charge >= 0.3 is 0 Å². The molecule has 2 unspecified atom stereocenters. The Labute approximate surface area is 85.7 Å². The second-order valence-electron chi connectivity index (χ2n) is 3.49. The predicted molar refractivity (Wildman–Crippen MR) is 57.1 cm³/mol. The molecule has 0 aromatic heterocycles. The van der Waals surface area contributed by atoms with Gasteiger partial charge in [-0.1, -0.05) is 25.8 Å². The number of hydrogen-bond acceptors (Lipinski definition) is 0. The highest BCUT2D eigenvalue weighted by atomic mass is 79.9. The van der Waals surface area contributed by atoms with E-state index in [2.05, 4.69) is 44.9 Å². The van der Waals surface area contributed by atoms with Crippen molar-refractivity contribution >= 4 is 31.9 Å². The molecule has 0 N–H and O–H groups in total. The van der Waals surface area contributed by atoms with E-state index in [4.69, 9.17) is 0 Å². The van der Waals surface area contributed by atoms with Gasteiger partial charge in [0.2, 0.25) is 0 Å². The quantitative estimate of drug-likeness (QED) is 0.666. The first-order valence-corrected chi connectivity index (χ1v) is 5.80. The van der Waals surface area contributed by atoms with Crippen molar-refractivity contribution in [3.05, 3.63) is 9.47 Å². The normalized spacial score (nSPS) is 31.5. The van der Waals surface area contributed by atoms with Crippen molar-refractivity contribution in [1.29, 1.82) is 0 Å². The fourth-order valence-corrected chi connectivity index (χ4v) is 2.56. The maximum absolute atomic E-state index is 3.41. The van der Waals surface area contributed by atoms with Gasteiger partial charge in [-0.2, -0.15) is 0 Å². The van der Waals surface area contributed by atoms with Gasteiger partial charge in [0.05, 0.1) is 3.39 Å². The van der Waals surface area contributed by atoms with Crippen LogP contribution in [0.5, 0.6) is 0 Å². The van der Waals surface area contributed by atoms with Gasteiger partial charge in [-0.15, -0.1) is 0 Å². The van der Waals surface area contributed by atoms with Crippen LogP contribution in [0.4, 0.5) is 0 Å². The summed E-state index contributed by atoms with van der Waals surface area (Å²) < 4.78 is 1.11. The monoisotopic (exact) mass is 280 g/mol. The molecule has 1 saturated carbocycles. The SMILES string of the molecule is CC1CCCC(C=C(Br)Br)C1. The zero-order valence-corrected chi connectivity index (χ0v) is 9.99. The van der Waals surface area contributed by atoms with Gasteiger partial charge in [-0.05, 0) is 56.5 Å². The summed E-state index contributed by atoms with van der Waals surface area (Å²) in [5.74, 6) is 1.72. The molecule has 0 aromatic carbocycles. The lowest BCUT2D eigenvalue weighted by Crippen LogP contribution is -2.10. The first-order valence-electron chi connectivity index (χ1n) is 4.21. The Morgan fingerprint density at radius 3 is 2.64 bits per heavy atom. The summed E-state index contributed by atoms with van der Waals surface area (Å²) in [5, 5.41) is 0. The Morgan fingerprint density at radius 1 is 1.36 bits per heavy atom. The summed E-state index contributed by atoms with van der Waals surface area (Å²) >= 11 is 6.82. The minimum absolute atomic E-state index is 0.799. The topological polar surface area (TPSA) is 0 Å². The molecule has 0 saturated heterocycles. The van der Waals surface area contributed by atoms with E-state index >= 15 is 0 Å². The van der Waals surface area contributed by atoms with Crippen molar-refractivity contribution in [2.45, 2.75) is 32.6 Å². The maximum atomic E-state index is 3.41. The first-order chi connectivity index (χ1) is 5.18. The smallest absolute Gasteiger partial charge is 0.0567 e. The van der Waals surface area contributed by atoms with Crippen molar-refractivity contribution in [3.63, 3.8) is 0 Å². The second kappa shape index (κ2) is 4.66. The van der Waals surface area contributed by atoms with Gasteiger partial charge in [-0.3, -0.25) is 0 Å². The lowest BCUT2D eigenvalue weighted by atomic mass is 9.83. The van der Waals surface area contributed by atoms with Gasteiger partial charge in [0.25, 0.3) is 0 Å². The molecule has 64 valence electrons. The number of allylic oxidation sites excluding steroid dienone is 1. The molecule has 0 aliphatic heterocycles. The molecule has 0 radical (unpaired) electrons. The Balaban J connectivity index is 2.40. The average molecular weight is 282 g/mol. The van der Waals surface area contributed by atoms with Gasteiger partial charge in [0, 0.05) is 0 Å². The van der Waals surface area contributed by atoms with Crippen LogP contribution in [-0.4, -0.2) is 0 Å². The molecule has 0 aromatic rings. The van der Waals surface area contributed by atoms with Crippen LogP contribution in [-0.2, 0) is 0 Å². The average Bonchev–Trinajstić information content (AvgIpc) is 1.85. The van der Waals surface area contributed by atoms with E-state index in [1.807, 2.05) is 0 Å². The van der Waals surface area contributed by atoms with Gasteiger partial charge < -0.3 is 0 Å². The highest BCUT2D eigenvalue weighted by molar-refractivity contribution is 9.28. The van der Waals surface area contributed by atoms with Crippen molar-refractivity contribution < 1.29 is 0 Å². The predicted octanol–water partition coefficient (Wildman–Crippen LogP) is 4.44. The van der Waals surface area contributed by atoms with E-state index in [9.17, 15) is 0 Å². The summed E-state index contributed by atoms with van der Waals surface area (Å²) in [4.78, 5) is 0. The molecule has 1 aliphatic rings. The fraction of sp³-hybridized carbons (Fsp3) is 0.778. The minimum atomic E-state index is 0.799. The van der Waals surface area contributed by atoms with Crippen LogP contribution >= 0.6 is 31.9 Å². The third kappa shape index (κ3) is 3.75. The molecular weight excluding hydrogens is 268 g/mol. The molecule has 1 aliphatic carbocycles. The molecule has 11 heavy (non-hydrogen) atoms. The van der Waals surface area contributed by atoms with Crippen LogP contribution in [0, 0.1) is 11.8 Å². The van der Waals surface area contributed by atoms with Crippen LogP contribution in [0.3, 0.4) is 0 Å². The summed E-state index contributed by atoms with van der Waals surface area (Å²) in [6.45, 7) is 2.35. The second-order valence-corrected chi connectivity index (χ2v) is 6.26. The fourth-order valence-electron chi connectivity index (χ4n) is 1.81. The van der Waals surface area contributed by atoms with Crippen LogP contribution in [0.2, 0.25) is 0 Å². The Morgan fingerprint density at radius 2 is 2.09 bits per heavy atom.